The van der Waals surface area contributed by atoms with E-state index in [1.165, 1.54) is 0 Å². The summed E-state index contributed by atoms with van der Waals surface area (Å²) in [6.45, 7) is 2.43. The van der Waals surface area contributed by atoms with Crippen LogP contribution in [0.5, 0.6) is 0 Å². The molecule has 0 aromatic rings. The minimum absolute atomic E-state index is 0.429. The van der Waals surface area contributed by atoms with Gasteiger partial charge in [0.2, 0.25) is 0 Å². The predicted octanol–water partition coefficient (Wildman–Crippen LogP) is 0.0312. The fraction of sp³-hybridized carbons (Fsp3) is 0.889. The molecule has 2 N–H and O–H groups in total. The summed E-state index contributed by atoms with van der Waals surface area (Å²) >= 11 is 0. The number of hydrogen-bond acceptors (Lipinski definition) is 4. The normalized spacial score (nSPS) is 27.4. The van der Waals surface area contributed by atoms with Gasteiger partial charge in [0.15, 0.2) is 0 Å². The van der Waals surface area contributed by atoms with E-state index in [4.69, 9.17) is 10.00 Å². The summed E-state index contributed by atoms with van der Waals surface area (Å²) in [5.74, 6) is 0. The Hall–Kier alpha value is -0.630. The van der Waals surface area contributed by atoms with E-state index < -0.39 is 5.60 Å². The van der Waals surface area contributed by atoms with Crippen LogP contribution in [0.2, 0.25) is 0 Å². The molecule has 0 spiro atoms. The molecule has 1 saturated heterocycles. The molecule has 0 amide bonds. The fourth-order valence-electron chi connectivity index (χ4n) is 1.35. The van der Waals surface area contributed by atoms with Crippen LogP contribution in [-0.2, 0) is 4.74 Å². The Labute approximate surface area is 78.5 Å². The van der Waals surface area contributed by atoms with E-state index in [9.17, 15) is 5.11 Å². The second kappa shape index (κ2) is 5.18. The fourth-order valence-corrected chi connectivity index (χ4v) is 1.35. The third-order valence-corrected chi connectivity index (χ3v) is 2.18. The number of nitrogens with one attached hydrogen (secondary N) is 1. The highest BCUT2D eigenvalue weighted by atomic mass is 16.5. The van der Waals surface area contributed by atoms with Gasteiger partial charge in [-0.2, -0.15) is 5.26 Å². The summed E-state index contributed by atoms with van der Waals surface area (Å²) in [5.41, 5.74) is -0.674. The van der Waals surface area contributed by atoms with Gasteiger partial charge in [0.1, 0.15) is 5.60 Å². The summed E-state index contributed by atoms with van der Waals surface area (Å²) in [6.07, 6.45) is 2.12. The predicted molar refractivity (Wildman–Crippen MR) is 48.1 cm³/mol. The first kappa shape index (κ1) is 10.5. The lowest BCUT2D eigenvalue weighted by Crippen LogP contribution is -2.41. The molecule has 1 atom stereocenters. The number of unbranched alkanes of at least 4 members (excludes halogenated alkanes) is 1. The number of aliphatic hydroxyl groups is 1. The Balaban J connectivity index is 2.02. The zero-order valence-corrected chi connectivity index (χ0v) is 7.75. The van der Waals surface area contributed by atoms with Crippen LogP contribution in [0.15, 0.2) is 0 Å². The number of hydrogen-bond donors (Lipinski definition) is 2. The van der Waals surface area contributed by atoms with Crippen LogP contribution in [0, 0.1) is 11.3 Å². The van der Waals surface area contributed by atoms with Crippen molar-refractivity contribution in [3.8, 4) is 6.07 Å². The van der Waals surface area contributed by atoms with E-state index in [1.807, 2.05) is 0 Å². The topological polar surface area (TPSA) is 65.3 Å². The molecule has 0 aromatic heterocycles. The molecule has 4 heteroatoms. The van der Waals surface area contributed by atoms with E-state index >= 15 is 0 Å². The Morgan fingerprint density at radius 2 is 2.46 bits per heavy atom. The number of nitriles is 1. The molecule has 0 aliphatic carbocycles. The van der Waals surface area contributed by atoms with Crippen molar-refractivity contribution in [1.29, 1.82) is 5.26 Å². The standard InChI is InChI=1S/C9H16N2O2/c10-4-1-2-5-11-7-9(12)3-6-13-8-9/h11-12H,1-3,5-8H2. The molecule has 1 unspecified atom stereocenters. The summed E-state index contributed by atoms with van der Waals surface area (Å²) in [4.78, 5) is 0. The maximum atomic E-state index is 9.80. The molecule has 1 aliphatic rings. The number of ether oxygens (including phenoxy) is 1. The number of rotatable bonds is 5. The third-order valence-electron chi connectivity index (χ3n) is 2.18. The van der Waals surface area contributed by atoms with Crippen molar-refractivity contribution in [3.05, 3.63) is 0 Å². The third kappa shape index (κ3) is 3.73. The Kier molecular flexibility index (Phi) is 4.16. The molecule has 0 bridgehead atoms. The van der Waals surface area contributed by atoms with Crippen LogP contribution in [0.25, 0.3) is 0 Å². The highest BCUT2D eigenvalue weighted by molar-refractivity contribution is 4.84. The van der Waals surface area contributed by atoms with Crippen molar-refractivity contribution in [2.24, 2.45) is 0 Å². The van der Waals surface area contributed by atoms with Crippen molar-refractivity contribution >= 4 is 0 Å². The molecule has 0 radical (unpaired) electrons. The van der Waals surface area contributed by atoms with Crippen LogP contribution >= 0.6 is 0 Å². The van der Waals surface area contributed by atoms with Gasteiger partial charge >= 0.3 is 0 Å². The van der Waals surface area contributed by atoms with Gasteiger partial charge in [-0.15, -0.1) is 0 Å². The minimum atomic E-state index is -0.674. The monoisotopic (exact) mass is 184 g/mol. The van der Waals surface area contributed by atoms with E-state index in [1.54, 1.807) is 0 Å². The second-order valence-electron chi connectivity index (χ2n) is 3.47. The Morgan fingerprint density at radius 3 is 3.08 bits per heavy atom. The van der Waals surface area contributed by atoms with Crippen molar-refractivity contribution < 1.29 is 9.84 Å². The summed E-state index contributed by atoms with van der Waals surface area (Å²) < 4.78 is 5.10. The number of nitrogens with zero attached hydrogens (tertiary/aromatic N) is 1. The zero-order chi connectivity index (χ0) is 9.57. The average molecular weight is 184 g/mol. The van der Waals surface area contributed by atoms with Crippen molar-refractivity contribution in [2.45, 2.75) is 24.9 Å². The second-order valence-corrected chi connectivity index (χ2v) is 3.47. The van der Waals surface area contributed by atoms with Gasteiger partial charge < -0.3 is 15.2 Å². The van der Waals surface area contributed by atoms with Crippen LogP contribution in [0.1, 0.15) is 19.3 Å². The lowest BCUT2D eigenvalue weighted by atomic mass is 10.0. The zero-order valence-electron chi connectivity index (χ0n) is 7.75. The lowest BCUT2D eigenvalue weighted by Gasteiger charge is -2.20. The minimum Gasteiger partial charge on any atom is -0.386 e. The van der Waals surface area contributed by atoms with E-state index in [2.05, 4.69) is 11.4 Å². The first-order valence-corrected chi connectivity index (χ1v) is 4.65. The highest BCUT2D eigenvalue weighted by Crippen LogP contribution is 2.16. The van der Waals surface area contributed by atoms with E-state index in [0.717, 1.165) is 13.0 Å². The molecule has 4 nitrogen and oxygen atoms in total. The summed E-state index contributed by atoms with van der Waals surface area (Å²) in [5, 5.41) is 21.2. The molecular weight excluding hydrogens is 168 g/mol. The first-order valence-electron chi connectivity index (χ1n) is 4.65. The van der Waals surface area contributed by atoms with Crippen LogP contribution < -0.4 is 5.32 Å². The van der Waals surface area contributed by atoms with Gasteiger partial charge in [-0.3, -0.25) is 0 Å². The average Bonchev–Trinajstić information content (AvgIpc) is 2.53. The van der Waals surface area contributed by atoms with Gasteiger partial charge in [-0.1, -0.05) is 0 Å². The lowest BCUT2D eigenvalue weighted by molar-refractivity contribution is 0.0272. The van der Waals surface area contributed by atoms with Crippen LogP contribution in [0.4, 0.5) is 0 Å². The van der Waals surface area contributed by atoms with Gasteiger partial charge in [-0.25, -0.2) is 0 Å². The highest BCUT2D eigenvalue weighted by Gasteiger charge is 2.31. The van der Waals surface area contributed by atoms with Gasteiger partial charge in [-0.05, 0) is 13.0 Å². The molecule has 1 rings (SSSR count). The molecule has 0 saturated carbocycles. The van der Waals surface area contributed by atoms with Gasteiger partial charge in [0.25, 0.3) is 0 Å². The molecular formula is C9H16N2O2. The molecule has 1 aliphatic heterocycles. The maximum Gasteiger partial charge on any atom is 0.102 e. The van der Waals surface area contributed by atoms with Gasteiger partial charge in [0, 0.05) is 26.0 Å². The Morgan fingerprint density at radius 1 is 1.62 bits per heavy atom. The summed E-state index contributed by atoms with van der Waals surface area (Å²) in [6, 6.07) is 2.08. The van der Waals surface area contributed by atoms with Crippen molar-refractivity contribution in [2.75, 3.05) is 26.3 Å². The smallest absolute Gasteiger partial charge is 0.102 e. The summed E-state index contributed by atoms with van der Waals surface area (Å²) in [7, 11) is 0. The molecule has 1 fully saturated rings. The van der Waals surface area contributed by atoms with Crippen LogP contribution in [0.3, 0.4) is 0 Å². The maximum absolute atomic E-state index is 9.80. The molecule has 1 heterocycles. The van der Waals surface area contributed by atoms with Crippen LogP contribution in [-0.4, -0.2) is 37.0 Å². The SMILES string of the molecule is N#CCCCNCC1(O)CCOC1. The quantitative estimate of drug-likeness (QED) is 0.592. The van der Waals surface area contributed by atoms with E-state index in [-0.39, 0.29) is 0 Å². The molecule has 74 valence electrons. The first-order chi connectivity index (χ1) is 6.27. The molecule has 0 aromatic carbocycles. The van der Waals surface area contributed by atoms with Crippen molar-refractivity contribution in [1.82, 2.24) is 5.32 Å². The largest absolute Gasteiger partial charge is 0.386 e. The molecule has 13 heavy (non-hydrogen) atoms. The Bertz CT molecular complexity index is 183. The van der Waals surface area contributed by atoms with E-state index in [0.29, 0.717) is 32.6 Å². The van der Waals surface area contributed by atoms with Crippen molar-refractivity contribution in [3.63, 3.8) is 0 Å². The van der Waals surface area contributed by atoms with Gasteiger partial charge in [0.05, 0.1) is 12.7 Å².